The van der Waals surface area contributed by atoms with Crippen LogP contribution < -0.4 is 21.3 Å². The zero-order valence-electron chi connectivity index (χ0n) is 31.5. The van der Waals surface area contributed by atoms with Crippen molar-refractivity contribution in [2.45, 2.75) is 90.9 Å². The minimum atomic E-state index is -3.52. The van der Waals surface area contributed by atoms with Crippen molar-refractivity contribution in [1.29, 1.82) is 0 Å². The van der Waals surface area contributed by atoms with Gasteiger partial charge in [-0.3, -0.25) is 19.2 Å². The highest BCUT2D eigenvalue weighted by Gasteiger charge is 2.70. The first kappa shape index (κ1) is 39.4. The summed E-state index contributed by atoms with van der Waals surface area (Å²) in [5.74, 6) is -2.54. The van der Waals surface area contributed by atoms with Crippen LogP contribution in [0.3, 0.4) is 0 Å². The molecule has 3 aliphatic carbocycles. The lowest BCUT2D eigenvalue weighted by Gasteiger charge is -2.37. The molecule has 4 aliphatic rings. The van der Waals surface area contributed by atoms with Crippen molar-refractivity contribution < 1.29 is 32.4 Å². The fourth-order valence-corrected chi connectivity index (χ4v) is 8.48. The largest absolute Gasteiger partial charge is 0.346 e. The highest BCUT2D eigenvalue weighted by atomic mass is 32.2. The molecule has 0 bridgehead atoms. The molecule has 0 aromatic heterocycles. The predicted molar refractivity (Wildman–Crippen MR) is 197 cm³/mol. The number of ketones is 1. The van der Waals surface area contributed by atoms with Crippen LogP contribution >= 0.6 is 0 Å². The highest BCUT2D eigenvalue weighted by Crippen LogP contribution is 2.65. The minimum absolute atomic E-state index is 0.0302. The number of amides is 5. The Morgan fingerprint density at radius 2 is 1.65 bits per heavy atom. The Morgan fingerprint density at radius 3 is 2.19 bits per heavy atom. The van der Waals surface area contributed by atoms with Crippen molar-refractivity contribution >= 4 is 39.6 Å². The molecular formula is C38H56N6O7S. The quantitative estimate of drug-likeness (QED) is 0.157. The average molecular weight is 741 g/mol. The average Bonchev–Trinajstić information content (AvgIpc) is 3.82. The van der Waals surface area contributed by atoms with Gasteiger partial charge in [-0.2, -0.15) is 0 Å². The van der Waals surface area contributed by atoms with Gasteiger partial charge in [-0.05, 0) is 64.9 Å². The number of carbonyl (C=O) groups is 5. The molecule has 1 aliphatic heterocycles. The SMILES string of the molecule is C=CCNC(=O)C(=O)C(CC1CC1)NC(=O)[C@@H]1[C@@H]2[C@H](CN1C(=O)[C@@H](NC(=O)N[C@H](CN(C)S(C)(=O)=O)C(C)(C)C)C1Cc3ccccc3C1)C2(C)C. The van der Waals surface area contributed by atoms with Crippen LogP contribution in [-0.4, -0.2) is 104 Å². The summed E-state index contributed by atoms with van der Waals surface area (Å²) in [5, 5.41) is 11.3. The van der Waals surface area contributed by atoms with E-state index in [9.17, 15) is 32.4 Å². The molecule has 14 heteroatoms. The smallest absolute Gasteiger partial charge is 0.315 e. The van der Waals surface area contributed by atoms with E-state index in [-0.39, 0.29) is 48.1 Å². The van der Waals surface area contributed by atoms with Gasteiger partial charge in [-0.25, -0.2) is 17.5 Å². The van der Waals surface area contributed by atoms with E-state index in [0.717, 1.165) is 30.2 Å². The van der Waals surface area contributed by atoms with E-state index >= 15 is 0 Å². The number of nitrogens with zero attached hydrogens (tertiary/aromatic N) is 2. The number of carbonyl (C=O) groups excluding carboxylic acids is 5. The molecule has 2 saturated carbocycles. The van der Waals surface area contributed by atoms with Crippen LogP contribution in [0.15, 0.2) is 36.9 Å². The number of sulfonamides is 1. The fourth-order valence-electron chi connectivity index (χ4n) is 8.06. The normalized spacial score (nSPS) is 23.8. The second-order valence-electron chi connectivity index (χ2n) is 17.0. The van der Waals surface area contributed by atoms with E-state index in [4.69, 9.17) is 0 Å². The first-order chi connectivity index (χ1) is 24.2. The summed E-state index contributed by atoms with van der Waals surface area (Å²) in [6.07, 6.45) is 5.86. The van der Waals surface area contributed by atoms with Crippen molar-refractivity contribution in [2.24, 2.45) is 34.5 Å². The van der Waals surface area contributed by atoms with E-state index in [1.54, 1.807) is 4.90 Å². The van der Waals surface area contributed by atoms with Gasteiger partial charge in [-0.15, -0.1) is 6.58 Å². The van der Waals surface area contributed by atoms with Gasteiger partial charge in [0.05, 0.1) is 12.3 Å². The molecule has 13 nitrogen and oxygen atoms in total. The lowest BCUT2D eigenvalue weighted by atomic mass is 9.86. The lowest BCUT2D eigenvalue weighted by Crippen LogP contribution is -2.61. The van der Waals surface area contributed by atoms with Crippen molar-refractivity contribution in [1.82, 2.24) is 30.5 Å². The van der Waals surface area contributed by atoms with Gasteiger partial charge >= 0.3 is 6.03 Å². The van der Waals surface area contributed by atoms with Crippen LogP contribution in [0, 0.1) is 34.5 Å². The Hall–Kier alpha value is -3.78. The molecule has 3 fully saturated rings. The second-order valence-corrected chi connectivity index (χ2v) is 19.1. The van der Waals surface area contributed by atoms with Gasteiger partial charge in [0.2, 0.25) is 27.6 Å². The molecule has 0 spiro atoms. The molecule has 0 radical (unpaired) electrons. The topological polar surface area (TPSA) is 174 Å². The zero-order valence-corrected chi connectivity index (χ0v) is 32.3. The van der Waals surface area contributed by atoms with E-state index in [0.29, 0.717) is 25.8 Å². The maximum absolute atomic E-state index is 14.8. The molecule has 1 unspecified atom stereocenters. The van der Waals surface area contributed by atoms with Crippen molar-refractivity contribution in [2.75, 3.05) is 32.9 Å². The Balaban J connectivity index is 1.40. The minimum Gasteiger partial charge on any atom is -0.346 e. The van der Waals surface area contributed by atoms with Crippen LogP contribution in [0.4, 0.5) is 4.79 Å². The van der Waals surface area contributed by atoms with Crippen molar-refractivity contribution in [3.8, 4) is 0 Å². The number of hydrogen-bond acceptors (Lipinski definition) is 7. The molecule has 52 heavy (non-hydrogen) atoms. The van der Waals surface area contributed by atoms with E-state index < -0.39 is 63.2 Å². The second kappa shape index (κ2) is 14.9. The molecule has 5 rings (SSSR count). The zero-order chi connectivity index (χ0) is 38.3. The number of fused-ring (bicyclic) bond motifs is 2. The first-order valence-corrected chi connectivity index (χ1v) is 20.2. The van der Waals surface area contributed by atoms with Crippen molar-refractivity contribution in [3.05, 3.63) is 48.0 Å². The standard InChI is InChI=1S/C38H56N6O7S/c1-9-16-39-34(47)32(45)27(17-22-14-15-22)40-33(46)31-29-26(38(29,5)6)20-44(31)35(48)30(25-18-23-12-10-11-13-24(23)19-25)42-36(49)41-28(37(2,3)4)21-43(7)52(8,50)51/h9-13,22,25-31H,1,14-21H2,2-8H3,(H,39,47)(H,40,46)(H2,41,42,49)/t26-,27?,28+,29-,30-,31-/m0/s1. The Morgan fingerprint density at radius 1 is 1.04 bits per heavy atom. The van der Waals surface area contributed by atoms with Gasteiger partial charge < -0.3 is 26.2 Å². The van der Waals surface area contributed by atoms with Gasteiger partial charge in [0.15, 0.2) is 0 Å². The predicted octanol–water partition coefficient (Wildman–Crippen LogP) is 2.01. The lowest BCUT2D eigenvalue weighted by molar-refractivity contribution is -0.144. The number of rotatable bonds is 15. The molecule has 1 saturated heterocycles. The number of piperidine rings is 1. The van der Waals surface area contributed by atoms with Gasteiger partial charge in [0.25, 0.3) is 5.91 Å². The Kier molecular flexibility index (Phi) is 11.3. The van der Waals surface area contributed by atoms with Crippen LogP contribution in [0.2, 0.25) is 0 Å². The summed E-state index contributed by atoms with van der Waals surface area (Å²) in [5.41, 5.74) is 1.43. The summed E-state index contributed by atoms with van der Waals surface area (Å²) in [4.78, 5) is 70.4. The van der Waals surface area contributed by atoms with Gasteiger partial charge in [0, 0.05) is 32.7 Å². The third-order valence-corrected chi connectivity index (χ3v) is 13.0. The van der Waals surface area contributed by atoms with Crippen LogP contribution in [-0.2, 0) is 42.0 Å². The van der Waals surface area contributed by atoms with Crippen molar-refractivity contribution in [3.63, 3.8) is 0 Å². The summed E-state index contributed by atoms with van der Waals surface area (Å²) in [6.45, 7) is 13.9. The monoisotopic (exact) mass is 740 g/mol. The van der Waals surface area contributed by atoms with Crippen LogP contribution in [0.5, 0.6) is 0 Å². The number of likely N-dealkylation sites (N-methyl/N-ethyl adjacent to an activating group) is 1. The number of urea groups is 1. The molecule has 4 N–H and O–H groups in total. The molecule has 6 atom stereocenters. The van der Waals surface area contributed by atoms with Gasteiger partial charge in [-0.1, -0.05) is 77.8 Å². The number of benzene rings is 1. The molecule has 5 amide bonds. The van der Waals surface area contributed by atoms with E-state index in [2.05, 4.69) is 41.7 Å². The maximum atomic E-state index is 14.8. The Bertz CT molecular complexity index is 1680. The summed E-state index contributed by atoms with van der Waals surface area (Å²) < 4.78 is 25.7. The molecular weight excluding hydrogens is 685 g/mol. The van der Waals surface area contributed by atoms with Gasteiger partial charge in [0.1, 0.15) is 12.1 Å². The number of hydrogen-bond donors (Lipinski definition) is 4. The van der Waals surface area contributed by atoms with Crippen LogP contribution in [0.1, 0.15) is 65.0 Å². The number of likely N-dealkylation sites (tertiary alicyclic amines) is 1. The molecule has 1 aromatic rings. The fraction of sp³-hybridized carbons (Fsp3) is 0.658. The van der Waals surface area contributed by atoms with E-state index in [1.807, 2.05) is 45.0 Å². The van der Waals surface area contributed by atoms with Crippen LogP contribution in [0.25, 0.3) is 0 Å². The summed E-state index contributed by atoms with van der Waals surface area (Å²) >= 11 is 0. The molecule has 1 aromatic carbocycles. The molecule has 1 heterocycles. The molecule has 286 valence electrons. The Labute approximate surface area is 308 Å². The summed E-state index contributed by atoms with van der Waals surface area (Å²) in [6, 6.07) is 3.81. The van der Waals surface area contributed by atoms with E-state index in [1.165, 1.54) is 17.4 Å². The summed E-state index contributed by atoms with van der Waals surface area (Å²) in [7, 11) is -2.07. The first-order valence-electron chi connectivity index (χ1n) is 18.3. The maximum Gasteiger partial charge on any atom is 0.315 e. The third kappa shape index (κ3) is 8.70. The highest BCUT2D eigenvalue weighted by molar-refractivity contribution is 7.88. The third-order valence-electron chi connectivity index (χ3n) is 11.8. The number of nitrogens with one attached hydrogen (secondary N) is 4. The number of Topliss-reactive ketones (excluding diaryl/α,β-unsaturated/α-hetero) is 1.